The Hall–Kier alpha value is -4.50. The lowest BCUT2D eigenvalue weighted by molar-refractivity contribution is -0.119. The van der Waals surface area contributed by atoms with Gasteiger partial charge in [0.05, 0.1) is 29.9 Å². The van der Waals surface area contributed by atoms with Gasteiger partial charge >= 0.3 is 0 Å². The third-order valence-electron chi connectivity index (χ3n) is 7.51. The van der Waals surface area contributed by atoms with E-state index in [-0.39, 0.29) is 30.1 Å². The number of carbonyl (C=O) groups is 2. The van der Waals surface area contributed by atoms with Gasteiger partial charge in [-0.05, 0) is 54.1 Å². The number of amides is 2. The summed E-state index contributed by atoms with van der Waals surface area (Å²) >= 11 is 0. The van der Waals surface area contributed by atoms with Gasteiger partial charge in [-0.15, -0.1) is 0 Å². The summed E-state index contributed by atoms with van der Waals surface area (Å²) in [7, 11) is 1.68. The summed E-state index contributed by atoms with van der Waals surface area (Å²) in [6.45, 7) is 5.14. The minimum atomic E-state index is -0.443. The summed E-state index contributed by atoms with van der Waals surface area (Å²) in [6.07, 6.45) is 2.07. The molecule has 1 saturated heterocycles. The lowest BCUT2D eigenvalue weighted by Crippen LogP contribution is -2.36. The molecule has 0 bridgehead atoms. The molecule has 6 rings (SSSR count). The van der Waals surface area contributed by atoms with Crippen LogP contribution in [0.1, 0.15) is 36.3 Å². The largest absolute Gasteiger partial charge is 0.384 e. The zero-order valence-corrected chi connectivity index (χ0v) is 22.5. The molecule has 8 nitrogen and oxygen atoms in total. The van der Waals surface area contributed by atoms with Gasteiger partial charge in [-0.25, -0.2) is 4.39 Å². The topological polar surface area (TPSA) is 101 Å². The van der Waals surface area contributed by atoms with Gasteiger partial charge in [-0.3, -0.25) is 14.7 Å². The van der Waals surface area contributed by atoms with Crippen LogP contribution in [-0.4, -0.2) is 52.9 Å². The van der Waals surface area contributed by atoms with E-state index in [0.717, 1.165) is 44.3 Å². The molecule has 40 heavy (non-hydrogen) atoms. The first-order valence-corrected chi connectivity index (χ1v) is 13.2. The van der Waals surface area contributed by atoms with Crippen molar-refractivity contribution in [3.8, 4) is 16.8 Å². The van der Waals surface area contributed by atoms with Gasteiger partial charge < -0.3 is 19.9 Å². The maximum absolute atomic E-state index is 14.0. The second kappa shape index (κ2) is 9.91. The average Bonchev–Trinajstić information content (AvgIpc) is 3.65. The average molecular weight is 540 g/mol. The molecule has 1 atom stereocenters. The molecule has 1 aliphatic heterocycles. The maximum Gasteiger partial charge on any atom is 0.251 e. The van der Waals surface area contributed by atoms with Crippen molar-refractivity contribution in [3.05, 3.63) is 83.9 Å². The van der Waals surface area contributed by atoms with Crippen molar-refractivity contribution in [3.63, 3.8) is 0 Å². The van der Waals surface area contributed by atoms with Crippen LogP contribution in [-0.2, 0) is 14.9 Å². The minimum absolute atomic E-state index is 0.0595. The number of nitrogens with one attached hydrogen (secondary N) is 3. The molecule has 5 aromatic rings. The maximum atomic E-state index is 14.0. The van der Waals surface area contributed by atoms with Crippen LogP contribution >= 0.6 is 0 Å². The Labute approximate surface area is 230 Å². The van der Waals surface area contributed by atoms with E-state index in [1.165, 1.54) is 12.1 Å². The van der Waals surface area contributed by atoms with E-state index in [1.807, 2.05) is 12.1 Å². The number of rotatable bonds is 7. The summed E-state index contributed by atoms with van der Waals surface area (Å²) in [4.78, 5) is 24.4. The molecule has 2 amide bonds. The number of H-pyrrole nitrogens is 1. The zero-order valence-electron chi connectivity index (χ0n) is 22.5. The van der Waals surface area contributed by atoms with Crippen LogP contribution in [0.15, 0.2) is 66.9 Å². The van der Waals surface area contributed by atoms with Crippen LogP contribution in [0, 0.1) is 5.82 Å². The van der Waals surface area contributed by atoms with Gasteiger partial charge in [0, 0.05) is 58.8 Å². The molecule has 0 radical (unpaired) electrons. The molecule has 9 heteroatoms. The molecule has 0 saturated carbocycles. The Kier molecular flexibility index (Phi) is 6.38. The highest BCUT2D eigenvalue weighted by atomic mass is 19.1. The number of halogens is 1. The normalized spacial score (nSPS) is 15.6. The fraction of sp³-hybridized carbons (Fsp3) is 0.258. The first-order chi connectivity index (χ1) is 19.2. The van der Waals surface area contributed by atoms with Crippen LogP contribution in [0.5, 0.6) is 0 Å². The van der Waals surface area contributed by atoms with E-state index in [2.05, 4.69) is 51.4 Å². The van der Waals surface area contributed by atoms with Crippen molar-refractivity contribution in [2.45, 2.75) is 31.7 Å². The van der Waals surface area contributed by atoms with E-state index in [9.17, 15) is 14.0 Å². The van der Waals surface area contributed by atoms with Crippen molar-refractivity contribution >= 4 is 33.6 Å². The molecule has 204 valence electrons. The number of hydrogen-bond acceptors (Lipinski definition) is 4. The Morgan fingerprint density at radius 2 is 1.90 bits per heavy atom. The first kappa shape index (κ1) is 25.8. The number of fused-ring (bicyclic) bond motifs is 2. The first-order valence-electron chi connectivity index (χ1n) is 13.2. The number of methoxy groups -OCH3 is 1. The summed E-state index contributed by atoms with van der Waals surface area (Å²) in [5.41, 5.74) is 5.68. The third-order valence-corrected chi connectivity index (χ3v) is 7.51. The molecule has 1 aliphatic rings. The van der Waals surface area contributed by atoms with Gasteiger partial charge in [-0.1, -0.05) is 26.0 Å². The highest BCUT2D eigenvalue weighted by Crippen LogP contribution is 2.44. The van der Waals surface area contributed by atoms with Gasteiger partial charge in [0.1, 0.15) is 5.82 Å². The van der Waals surface area contributed by atoms with E-state index in [1.54, 1.807) is 37.6 Å². The van der Waals surface area contributed by atoms with E-state index in [0.29, 0.717) is 18.7 Å². The summed E-state index contributed by atoms with van der Waals surface area (Å²) < 4.78 is 21.8. The van der Waals surface area contributed by atoms with Crippen LogP contribution in [0.4, 0.5) is 4.39 Å². The van der Waals surface area contributed by atoms with Crippen molar-refractivity contribution in [2.24, 2.45) is 0 Å². The van der Waals surface area contributed by atoms with Gasteiger partial charge in [0.15, 0.2) is 0 Å². The van der Waals surface area contributed by atoms with Crippen molar-refractivity contribution in [1.29, 1.82) is 0 Å². The Morgan fingerprint density at radius 1 is 1.15 bits per heavy atom. The van der Waals surface area contributed by atoms with E-state index < -0.39 is 5.41 Å². The number of hydrogen-bond donors (Lipinski definition) is 3. The quantitative estimate of drug-likeness (QED) is 0.275. The number of ether oxygens (including phenoxy) is 1. The van der Waals surface area contributed by atoms with Crippen molar-refractivity contribution in [1.82, 2.24) is 25.4 Å². The van der Waals surface area contributed by atoms with Crippen LogP contribution in [0.3, 0.4) is 0 Å². The number of nitrogens with zero attached hydrogens (tertiary/aromatic N) is 2. The lowest BCUT2D eigenvalue weighted by atomic mass is 9.84. The summed E-state index contributed by atoms with van der Waals surface area (Å²) in [5, 5.41) is 14.9. The molecular formula is C31H30FN5O3. The minimum Gasteiger partial charge on any atom is -0.384 e. The molecule has 1 fully saturated rings. The highest BCUT2D eigenvalue weighted by Gasteiger charge is 2.32. The predicted octanol–water partition coefficient (Wildman–Crippen LogP) is 4.86. The molecule has 0 spiro atoms. The fourth-order valence-corrected chi connectivity index (χ4v) is 5.71. The second-order valence-corrected chi connectivity index (χ2v) is 10.9. The third kappa shape index (κ3) is 4.52. The fourth-order valence-electron chi connectivity index (χ4n) is 5.71. The van der Waals surface area contributed by atoms with Gasteiger partial charge in [-0.2, -0.15) is 5.10 Å². The number of aromatic nitrogens is 3. The number of aromatic amines is 1. The Balaban J connectivity index is 1.54. The standard InChI is InChI=1S/C31H30FN5O3/c1-31(2,17-40-3)29-28(18-4-6-19(7-5-18)30(39)35-22-13-27(38)33-16-22)24-14-25-20(15-34-36-25)12-26(24)37(29)23-10-8-21(32)9-11-23/h4-12,14-15,22H,13,16-17H2,1-3H3,(H,33,38)(H,34,36)(H,35,39). The smallest absolute Gasteiger partial charge is 0.251 e. The molecule has 3 heterocycles. The molecule has 1 unspecified atom stereocenters. The van der Waals surface area contributed by atoms with Gasteiger partial charge in [0.25, 0.3) is 5.91 Å². The lowest BCUT2D eigenvalue weighted by Gasteiger charge is -2.28. The van der Waals surface area contributed by atoms with E-state index in [4.69, 9.17) is 4.74 Å². The molecular weight excluding hydrogens is 509 g/mol. The van der Waals surface area contributed by atoms with Crippen LogP contribution < -0.4 is 10.6 Å². The number of benzene rings is 3. The van der Waals surface area contributed by atoms with Crippen LogP contribution in [0.2, 0.25) is 0 Å². The zero-order chi connectivity index (χ0) is 28.0. The Morgan fingerprint density at radius 3 is 2.58 bits per heavy atom. The van der Waals surface area contributed by atoms with E-state index >= 15 is 0 Å². The molecule has 0 aliphatic carbocycles. The summed E-state index contributed by atoms with van der Waals surface area (Å²) in [6, 6.07) is 17.9. The molecule has 2 aromatic heterocycles. The van der Waals surface area contributed by atoms with Crippen molar-refractivity contribution < 1.29 is 18.7 Å². The Bertz CT molecular complexity index is 1740. The number of carbonyl (C=O) groups excluding carboxylic acids is 2. The predicted molar refractivity (Wildman–Crippen MR) is 152 cm³/mol. The second-order valence-electron chi connectivity index (χ2n) is 10.9. The van der Waals surface area contributed by atoms with Gasteiger partial charge in [0.2, 0.25) is 5.91 Å². The summed E-state index contributed by atoms with van der Waals surface area (Å²) in [5.74, 6) is -0.585. The monoisotopic (exact) mass is 539 g/mol. The molecule has 3 N–H and O–H groups in total. The van der Waals surface area contributed by atoms with Crippen molar-refractivity contribution in [2.75, 3.05) is 20.3 Å². The highest BCUT2D eigenvalue weighted by molar-refractivity contribution is 6.06. The SMILES string of the molecule is COCC(C)(C)c1c(-c2ccc(C(=O)NC3CNC(=O)C3)cc2)c2cc3[nH]ncc3cc2n1-c1ccc(F)cc1. The van der Waals surface area contributed by atoms with Crippen LogP contribution in [0.25, 0.3) is 38.6 Å². The molecule has 3 aromatic carbocycles.